The number of nitrogens with zero attached hydrogens (tertiary/aromatic N) is 4. The van der Waals surface area contributed by atoms with E-state index in [2.05, 4.69) is 37.5 Å². The molecule has 1 N–H and O–H groups in total. The molecule has 0 aliphatic rings. The van der Waals surface area contributed by atoms with Gasteiger partial charge in [-0.2, -0.15) is 5.10 Å². The highest BCUT2D eigenvalue weighted by Crippen LogP contribution is 2.18. The maximum absolute atomic E-state index is 4.53. The van der Waals surface area contributed by atoms with Crippen LogP contribution in [0.15, 0.2) is 65.8 Å². The lowest BCUT2D eigenvalue weighted by molar-refractivity contribution is 1.08. The summed E-state index contributed by atoms with van der Waals surface area (Å²) in [5, 5.41) is 4.25. The van der Waals surface area contributed by atoms with Gasteiger partial charge in [-0.3, -0.25) is 0 Å². The van der Waals surface area contributed by atoms with Crippen LogP contribution in [-0.2, 0) is 0 Å². The number of hydrogen-bond donors (Lipinski definition) is 1. The Balaban J connectivity index is 1.73. The van der Waals surface area contributed by atoms with Gasteiger partial charge in [-0.25, -0.2) is 15.4 Å². The molecule has 5 nitrogen and oxygen atoms in total. The largest absolute Gasteiger partial charge is 0.378 e. The molecule has 2 aromatic carbocycles. The van der Waals surface area contributed by atoms with E-state index in [1.807, 2.05) is 69.6 Å². The predicted octanol–water partition coefficient (Wildman–Crippen LogP) is 3.96. The predicted molar refractivity (Wildman–Crippen MR) is 104 cm³/mol. The van der Waals surface area contributed by atoms with Crippen LogP contribution >= 0.6 is 0 Å². The zero-order chi connectivity index (χ0) is 17.6. The van der Waals surface area contributed by atoms with Gasteiger partial charge < -0.3 is 4.90 Å². The molecular weight excluding hydrogens is 310 g/mol. The first kappa shape index (κ1) is 16.6. The van der Waals surface area contributed by atoms with Gasteiger partial charge in [-0.15, -0.1) is 0 Å². The minimum atomic E-state index is 0.486. The Bertz CT molecular complexity index is 855. The van der Waals surface area contributed by atoms with Gasteiger partial charge in [0, 0.05) is 31.0 Å². The second kappa shape index (κ2) is 7.57. The van der Waals surface area contributed by atoms with E-state index < -0.39 is 0 Å². The van der Waals surface area contributed by atoms with Crippen molar-refractivity contribution in [1.29, 1.82) is 0 Å². The summed E-state index contributed by atoms with van der Waals surface area (Å²) in [6.45, 7) is 1.95. The quantitative estimate of drug-likeness (QED) is 0.568. The molecule has 5 heteroatoms. The maximum atomic E-state index is 4.53. The molecule has 1 heterocycles. The van der Waals surface area contributed by atoms with Crippen LogP contribution < -0.4 is 10.3 Å². The molecule has 0 radical (unpaired) electrons. The topological polar surface area (TPSA) is 53.4 Å². The van der Waals surface area contributed by atoms with Crippen LogP contribution in [0.5, 0.6) is 0 Å². The summed E-state index contributed by atoms with van der Waals surface area (Å²) in [5.41, 5.74) is 7.90. The van der Waals surface area contributed by atoms with Crippen molar-refractivity contribution in [2.75, 3.05) is 24.4 Å². The van der Waals surface area contributed by atoms with Gasteiger partial charge in [0.25, 0.3) is 0 Å². The molecule has 3 aromatic rings. The van der Waals surface area contributed by atoms with Gasteiger partial charge in [-0.05, 0) is 30.7 Å². The first-order chi connectivity index (χ1) is 12.1. The van der Waals surface area contributed by atoms with Crippen molar-refractivity contribution in [3.05, 3.63) is 71.9 Å². The molecule has 0 bridgehead atoms. The molecule has 0 spiro atoms. The molecule has 3 rings (SSSR count). The van der Waals surface area contributed by atoms with Crippen LogP contribution in [-0.4, -0.2) is 30.3 Å². The second-order valence-electron chi connectivity index (χ2n) is 5.94. The maximum Gasteiger partial charge on any atom is 0.244 e. The van der Waals surface area contributed by atoms with Crippen molar-refractivity contribution < 1.29 is 0 Å². The zero-order valence-electron chi connectivity index (χ0n) is 14.6. The van der Waals surface area contributed by atoms with Crippen LogP contribution in [0.4, 0.5) is 11.6 Å². The number of hydrogen-bond acceptors (Lipinski definition) is 5. The minimum Gasteiger partial charge on any atom is -0.378 e. The third-order valence-corrected chi connectivity index (χ3v) is 3.71. The van der Waals surface area contributed by atoms with Gasteiger partial charge in [-0.1, -0.05) is 42.5 Å². The Morgan fingerprint density at radius 2 is 1.68 bits per heavy atom. The van der Waals surface area contributed by atoms with Crippen LogP contribution in [0, 0.1) is 6.92 Å². The number of rotatable bonds is 5. The fourth-order valence-corrected chi connectivity index (χ4v) is 2.40. The first-order valence-electron chi connectivity index (χ1n) is 8.09. The molecule has 0 atom stereocenters. The lowest BCUT2D eigenvalue weighted by atomic mass is 10.1. The molecular formula is C20H21N5. The summed E-state index contributed by atoms with van der Waals surface area (Å²) >= 11 is 0. The Morgan fingerprint density at radius 1 is 0.960 bits per heavy atom. The van der Waals surface area contributed by atoms with Gasteiger partial charge in [0.2, 0.25) is 5.95 Å². The lowest BCUT2D eigenvalue weighted by Gasteiger charge is -2.11. The average Bonchev–Trinajstić information content (AvgIpc) is 2.62. The molecule has 0 saturated heterocycles. The molecule has 126 valence electrons. The molecule has 25 heavy (non-hydrogen) atoms. The summed E-state index contributed by atoms with van der Waals surface area (Å²) in [5.74, 6) is 0.486. The molecule has 0 fully saturated rings. The standard InChI is InChI=1S/C20H21N5/c1-15-13-19(17-7-5-4-6-8-17)23-20(22-15)24-21-14-16-9-11-18(12-10-16)25(2)3/h4-14H,1-3H3,(H,22,23,24)/b21-14-. The van der Waals surface area contributed by atoms with Crippen LogP contribution in [0.2, 0.25) is 0 Å². The van der Waals surface area contributed by atoms with E-state index >= 15 is 0 Å². The van der Waals surface area contributed by atoms with Crippen molar-refractivity contribution in [2.24, 2.45) is 5.10 Å². The second-order valence-corrected chi connectivity index (χ2v) is 5.94. The zero-order valence-corrected chi connectivity index (χ0v) is 14.6. The number of aryl methyl sites for hydroxylation is 1. The summed E-state index contributed by atoms with van der Waals surface area (Å²) in [7, 11) is 4.04. The number of aromatic nitrogens is 2. The van der Waals surface area contributed by atoms with Crippen molar-refractivity contribution in [3.8, 4) is 11.3 Å². The number of hydrazone groups is 1. The van der Waals surface area contributed by atoms with Gasteiger partial charge in [0.05, 0.1) is 11.9 Å². The molecule has 0 aliphatic heterocycles. The highest BCUT2D eigenvalue weighted by atomic mass is 15.3. The Kier molecular flexibility index (Phi) is 5.04. The van der Waals surface area contributed by atoms with Crippen LogP contribution in [0.25, 0.3) is 11.3 Å². The third-order valence-electron chi connectivity index (χ3n) is 3.71. The molecule has 0 amide bonds. The van der Waals surface area contributed by atoms with E-state index in [0.717, 1.165) is 28.2 Å². The minimum absolute atomic E-state index is 0.486. The number of benzene rings is 2. The van der Waals surface area contributed by atoms with Crippen LogP contribution in [0.1, 0.15) is 11.3 Å². The third kappa shape index (κ3) is 4.41. The Hall–Kier alpha value is -3.21. The summed E-state index contributed by atoms with van der Waals surface area (Å²) < 4.78 is 0. The van der Waals surface area contributed by atoms with Gasteiger partial charge >= 0.3 is 0 Å². The summed E-state index contributed by atoms with van der Waals surface area (Å²) in [6.07, 6.45) is 1.76. The van der Waals surface area contributed by atoms with E-state index in [1.165, 1.54) is 0 Å². The molecule has 0 aliphatic carbocycles. The fourth-order valence-electron chi connectivity index (χ4n) is 2.40. The van der Waals surface area contributed by atoms with Crippen LogP contribution in [0.3, 0.4) is 0 Å². The van der Waals surface area contributed by atoms with Crippen molar-refractivity contribution >= 4 is 17.9 Å². The summed E-state index contributed by atoms with van der Waals surface area (Å²) in [4.78, 5) is 11.0. The average molecular weight is 331 g/mol. The number of anilines is 2. The van der Waals surface area contributed by atoms with E-state index in [0.29, 0.717) is 5.95 Å². The lowest BCUT2D eigenvalue weighted by Crippen LogP contribution is -2.08. The normalized spacial score (nSPS) is 10.8. The van der Waals surface area contributed by atoms with Crippen molar-refractivity contribution in [2.45, 2.75) is 6.92 Å². The smallest absolute Gasteiger partial charge is 0.244 e. The monoisotopic (exact) mass is 331 g/mol. The van der Waals surface area contributed by atoms with E-state index in [1.54, 1.807) is 6.21 Å². The Labute approximate surface area is 148 Å². The van der Waals surface area contributed by atoms with E-state index in [-0.39, 0.29) is 0 Å². The van der Waals surface area contributed by atoms with Crippen molar-refractivity contribution in [1.82, 2.24) is 9.97 Å². The Morgan fingerprint density at radius 3 is 2.36 bits per heavy atom. The van der Waals surface area contributed by atoms with Gasteiger partial charge in [0.15, 0.2) is 0 Å². The summed E-state index contributed by atoms with van der Waals surface area (Å²) in [6, 6.07) is 20.1. The highest BCUT2D eigenvalue weighted by Gasteiger charge is 2.03. The highest BCUT2D eigenvalue weighted by molar-refractivity contribution is 5.80. The molecule has 1 aromatic heterocycles. The van der Waals surface area contributed by atoms with E-state index in [9.17, 15) is 0 Å². The molecule has 0 saturated carbocycles. The first-order valence-corrected chi connectivity index (χ1v) is 8.09. The van der Waals surface area contributed by atoms with Gasteiger partial charge in [0.1, 0.15) is 0 Å². The van der Waals surface area contributed by atoms with Crippen molar-refractivity contribution in [3.63, 3.8) is 0 Å². The number of nitrogens with one attached hydrogen (secondary N) is 1. The molecule has 0 unspecified atom stereocenters. The van der Waals surface area contributed by atoms with E-state index in [4.69, 9.17) is 0 Å². The fraction of sp³-hybridized carbons (Fsp3) is 0.150. The SMILES string of the molecule is Cc1cc(-c2ccccc2)nc(N/N=C\c2ccc(N(C)C)cc2)n1.